The Kier molecular flexibility index (Phi) is 7.40. The molecule has 2 aromatic carbocycles. The predicted molar refractivity (Wildman–Crippen MR) is 109 cm³/mol. The van der Waals surface area contributed by atoms with Crippen LogP contribution in [0, 0.1) is 0 Å². The number of methoxy groups -OCH3 is 2. The van der Waals surface area contributed by atoms with Crippen molar-refractivity contribution < 1.29 is 14.3 Å². The zero-order valence-corrected chi connectivity index (χ0v) is 18.5. The average Bonchev–Trinajstić information content (AvgIpc) is 2.57. The maximum atomic E-state index is 11.5. The van der Waals surface area contributed by atoms with Crippen LogP contribution in [0.3, 0.4) is 0 Å². The van der Waals surface area contributed by atoms with E-state index in [1.807, 2.05) is 18.2 Å². The molecule has 0 atom stereocenters. The fourth-order valence-electron chi connectivity index (χ4n) is 2.40. The fraction of sp³-hybridized carbons (Fsp3) is 0.316. The summed E-state index contributed by atoms with van der Waals surface area (Å²) in [6.07, 6.45) is 0.249. The summed E-state index contributed by atoms with van der Waals surface area (Å²) in [6, 6.07) is 10.1. The van der Waals surface area contributed by atoms with Crippen molar-refractivity contribution in [1.82, 2.24) is 0 Å². The molecule has 6 heteroatoms. The second-order valence-corrected chi connectivity index (χ2v) is 8.59. The number of hydrogen-bond donors (Lipinski definition) is 0. The molecule has 25 heavy (non-hydrogen) atoms. The topological polar surface area (TPSA) is 35.5 Å². The van der Waals surface area contributed by atoms with E-state index in [9.17, 15) is 4.79 Å². The molecule has 0 bridgehead atoms. The highest BCUT2D eigenvalue weighted by Crippen LogP contribution is 2.41. The quantitative estimate of drug-likeness (QED) is 0.453. The van der Waals surface area contributed by atoms with Crippen LogP contribution in [-0.2, 0) is 16.0 Å². The van der Waals surface area contributed by atoms with Gasteiger partial charge in [0, 0.05) is 18.7 Å². The fourth-order valence-corrected chi connectivity index (χ4v) is 5.03. The molecule has 0 fully saturated rings. The lowest BCUT2D eigenvalue weighted by Crippen LogP contribution is -2.04. The summed E-state index contributed by atoms with van der Waals surface area (Å²) in [7, 11) is 3.09. The van der Waals surface area contributed by atoms with Crippen molar-refractivity contribution in [3.63, 3.8) is 0 Å². The standard InChI is InChI=1S/C19H20Br2O3S/c1-11(2)14-10-13(5-6-17(14)23-3)25-19-15(20)7-12(8-16(19)21)9-18(22)24-4/h5-8,10-11H,9H2,1-4H3. The van der Waals surface area contributed by atoms with Gasteiger partial charge in [-0.15, -0.1) is 0 Å². The van der Waals surface area contributed by atoms with Crippen LogP contribution in [0.1, 0.15) is 30.9 Å². The molecule has 0 aliphatic carbocycles. The monoisotopic (exact) mass is 486 g/mol. The number of rotatable bonds is 6. The highest BCUT2D eigenvalue weighted by atomic mass is 79.9. The first kappa shape index (κ1) is 20.3. The molecule has 0 N–H and O–H groups in total. The number of ether oxygens (including phenoxy) is 2. The molecule has 0 aliphatic rings. The second-order valence-electron chi connectivity index (χ2n) is 5.80. The average molecular weight is 488 g/mol. The first-order chi connectivity index (χ1) is 11.8. The van der Waals surface area contributed by atoms with Gasteiger partial charge in [0.15, 0.2) is 0 Å². The van der Waals surface area contributed by atoms with Crippen molar-refractivity contribution in [2.45, 2.75) is 36.0 Å². The molecular formula is C19H20Br2O3S. The van der Waals surface area contributed by atoms with Gasteiger partial charge in [-0.2, -0.15) is 0 Å². The third-order valence-electron chi connectivity index (χ3n) is 3.68. The molecule has 0 saturated carbocycles. The van der Waals surface area contributed by atoms with E-state index in [1.54, 1.807) is 18.9 Å². The van der Waals surface area contributed by atoms with Crippen molar-refractivity contribution in [2.75, 3.05) is 14.2 Å². The Hall–Kier alpha value is -0.980. The lowest BCUT2D eigenvalue weighted by Gasteiger charge is -2.15. The summed E-state index contributed by atoms with van der Waals surface area (Å²) in [5.74, 6) is 1.03. The van der Waals surface area contributed by atoms with Gasteiger partial charge < -0.3 is 9.47 Å². The van der Waals surface area contributed by atoms with Crippen LogP contribution in [0.5, 0.6) is 5.75 Å². The van der Waals surface area contributed by atoms with Gasteiger partial charge in [-0.05, 0) is 79.2 Å². The Morgan fingerprint density at radius 3 is 2.28 bits per heavy atom. The number of carbonyl (C=O) groups excluding carboxylic acids is 1. The van der Waals surface area contributed by atoms with Crippen molar-refractivity contribution in [3.8, 4) is 5.75 Å². The number of hydrogen-bond acceptors (Lipinski definition) is 4. The zero-order chi connectivity index (χ0) is 18.6. The molecule has 134 valence electrons. The van der Waals surface area contributed by atoms with Gasteiger partial charge in [0.25, 0.3) is 0 Å². The van der Waals surface area contributed by atoms with Crippen LogP contribution >= 0.6 is 43.6 Å². The second kappa shape index (κ2) is 9.10. The van der Waals surface area contributed by atoms with Crippen LogP contribution in [0.15, 0.2) is 49.1 Å². The Morgan fingerprint density at radius 2 is 1.76 bits per heavy atom. The van der Waals surface area contributed by atoms with Crippen molar-refractivity contribution in [2.24, 2.45) is 0 Å². The molecule has 2 aromatic rings. The number of carbonyl (C=O) groups is 1. The van der Waals surface area contributed by atoms with Crippen LogP contribution in [0.25, 0.3) is 0 Å². The van der Waals surface area contributed by atoms with E-state index in [0.29, 0.717) is 5.92 Å². The third-order valence-corrected chi connectivity index (χ3v) is 6.59. The molecule has 0 saturated heterocycles. The molecule has 2 rings (SSSR count). The maximum Gasteiger partial charge on any atom is 0.309 e. The third kappa shape index (κ3) is 5.25. The van der Waals surface area contributed by atoms with Gasteiger partial charge in [-0.1, -0.05) is 25.6 Å². The summed E-state index contributed by atoms with van der Waals surface area (Å²) < 4.78 is 12.1. The van der Waals surface area contributed by atoms with E-state index in [4.69, 9.17) is 9.47 Å². The highest BCUT2D eigenvalue weighted by molar-refractivity contribution is 9.11. The first-order valence-corrected chi connectivity index (χ1v) is 10.2. The number of halogens is 2. The van der Waals surface area contributed by atoms with Crippen LogP contribution in [-0.4, -0.2) is 20.2 Å². The van der Waals surface area contributed by atoms with Gasteiger partial charge in [0.2, 0.25) is 0 Å². The smallest absolute Gasteiger partial charge is 0.309 e. The predicted octanol–water partition coefficient (Wildman–Crippen LogP) is 6.21. The zero-order valence-electron chi connectivity index (χ0n) is 14.6. The Morgan fingerprint density at radius 1 is 1.12 bits per heavy atom. The Bertz CT molecular complexity index is 752. The normalized spacial score (nSPS) is 10.8. The molecule has 0 aliphatic heterocycles. The van der Waals surface area contributed by atoms with E-state index in [1.165, 1.54) is 12.7 Å². The van der Waals surface area contributed by atoms with Gasteiger partial charge in [0.1, 0.15) is 5.75 Å². The molecular weight excluding hydrogens is 468 g/mol. The maximum absolute atomic E-state index is 11.5. The van der Waals surface area contributed by atoms with E-state index >= 15 is 0 Å². The van der Waals surface area contributed by atoms with E-state index in [0.717, 1.165) is 30.0 Å². The Balaban J connectivity index is 2.31. The molecule has 0 aromatic heterocycles. The summed E-state index contributed by atoms with van der Waals surface area (Å²) >= 11 is 8.89. The van der Waals surface area contributed by atoms with Crippen molar-refractivity contribution in [1.29, 1.82) is 0 Å². The SMILES string of the molecule is COC(=O)Cc1cc(Br)c(Sc2ccc(OC)c(C(C)C)c2)c(Br)c1. The van der Waals surface area contributed by atoms with E-state index < -0.39 is 0 Å². The minimum atomic E-state index is -0.254. The Labute approximate surface area is 169 Å². The molecule has 0 spiro atoms. The molecule has 0 unspecified atom stereocenters. The molecule has 0 radical (unpaired) electrons. The number of benzene rings is 2. The summed E-state index contributed by atoms with van der Waals surface area (Å²) in [6.45, 7) is 4.31. The highest BCUT2D eigenvalue weighted by Gasteiger charge is 2.14. The largest absolute Gasteiger partial charge is 0.496 e. The molecule has 0 amide bonds. The van der Waals surface area contributed by atoms with Crippen molar-refractivity contribution in [3.05, 3.63) is 50.4 Å². The van der Waals surface area contributed by atoms with E-state index in [-0.39, 0.29) is 12.4 Å². The minimum Gasteiger partial charge on any atom is -0.496 e. The van der Waals surface area contributed by atoms with Gasteiger partial charge in [-0.25, -0.2) is 0 Å². The lowest BCUT2D eigenvalue weighted by atomic mass is 10.0. The molecule has 3 nitrogen and oxygen atoms in total. The van der Waals surface area contributed by atoms with Gasteiger partial charge >= 0.3 is 5.97 Å². The van der Waals surface area contributed by atoms with Crippen LogP contribution in [0.4, 0.5) is 0 Å². The summed E-state index contributed by atoms with van der Waals surface area (Å²) in [4.78, 5) is 13.7. The summed E-state index contributed by atoms with van der Waals surface area (Å²) in [5.41, 5.74) is 2.08. The minimum absolute atomic E-state index is 0.249. The summed E-state index contributed by atoms with van der Waals surface area (Å²) in [5, 5.41) is 0. The lowest BCUT2D eigenvalue weighted by molar-refractivity contribution is -0.139. The van der Waals surface area contributed by atoms with Gasteiger partial charge in [0.05, 0.1) is 20.6 Å². The van der Waals surface area contributed by atoms with Crippen LogP contribution in [0.2, 0.25) is 0 Å². The number of esters is 1. The van der Waals surface area contributed by atoms with E-state index in [2.05, 4.69) is 57.8 Å². The molecule has 0 heterocycles. The van der Waals surface area contributed by atoms with Crippen molar-refractivity contribution >= 4 is 49.6 Å². The van der Waals surface area contributed by atoms with Gasteiger partial charge in [-0.3, -0.25) is 4.79 Å². The first-order valence-electron chi connectivity index (χ1n) is 7.76. The van der Waals surface area contributed by atoms with Crippen LogP contribution < -0.4 is 4.74 Å².